The van der Waals surface area contributed by atoms with Gasteiger partial charge in [-0.1, -0.05) is 31.2 Å². The van der Waals surface area contributed by atoms with Crippen LogP contribution in [0.2, 0.25) is 0 Å². The molecule has 1 aromatic heterocycles. The summed E-state index contributed by atoms with van der Waals surface area (Å²) in [4.78, 5) is 0. The maximum atomic E-state index is 9.21. The Kier molecular flexibility index (Phi) is 3.54. The van der Waals surface area contributed by atoms with Crippen LogP contribution in [-0.2, 0) is 19.6 Å². The van der Waals surface area contributed by atoms with Gasteiger partial charge in [0.1, 0.15) is 6.61 Å². The van der Waals surface area contributed by atoms with Crippen LogP contribution in [0.5, 0.6) is 0 Å². The molecule has 0 bridgehead atoms. The minimum Gasteiger partial charge on any atom is -0.388 e. The van der Waals surface area contributed by atoms with Crippen molar-refractivity contribution < 1.29 is 5.11 Å². The Hall–Kier alpha value is -1.68. The molecule has 2 aromatic rings. The molecule has 0 saturated carbocycles. The Labute approximate surface area is 101 Å². The fourth-order valence-electron chi connectivity index (χ4n) is 2.03. The van der Waals surface area contributed by atoms with E-state index < -0.39 is 0 Å². The van der Waals surface area contributed by atoms with Gasteiger partial charge in [-0.15, -0.1) is 10.2 Å². The maximum absolute atomic E-state index is 9.21. The van der Waals surface area contributed by atoms with Crippen molar-refractivity contribution in [1.82, 2.24) is 14.8 Å². The predicted molar refractivity (Wildman–Crippen MR) is 66.4 cm³/mol. The van der Waals surface area contributed by atoms with Crippen LogP contribution in [-0.4, -0.2) is 19.9 Å². The van der Waals surface area contributed by atoms with Crippen LogP contribution in [0.1, 0.15) is 25.2 Å². The third-order valence-corrected chi connectivity index (χ3v) is 2.92. The van der Waals surface area contributed by atoms with Crippen LogP contribution in [0.25, 0.3) is 11.4 Å². The monoisotopic (exact) mass is 231 g/mol. The first-order chi connectivity index (χ1) is 8.31. The number of aliphatic hydroxyl groups excluding tert-OH is 1. The van der Waals surface area contributed by atoms with Gasteiger partial charge in [-0.3, -0.25) is 0 Å². The molecule has 0 atom stereocenters. The van der Waals surface area contributed by atoms with Crippen molar-refractivity contribution in [3.05, 3.63) is 35.7 Å². The maximum Gasteiger partial charge on any atom is 0.164 e. The summed E-state index contributed by atoms with van der Waals surface area (Å²) in [5.41, 5.74) is 2.35. The van der Waals surface area contributed by atoms with Crippen LogP contribution >= 0.6 is 0 Å². The van der Waals surface area contributed by atoms with Crippen molar-refractivity contribution in [2.24, 2.45) is 0 Å². The van der Waals surface area contributed by atoms with Gasteiger partial charge in [0.2, 0.25) is 0 Å². The molecule has 0 saturated heterocycles. The number of aliphatic hydroxyl groups is 1. The van der Waals surface area contributed by atoms with E-state index in [2.05, 4.69) is 29.3 Å². The number of hydrogen-bond acceptors (Lipinski definition) is 3. The molecule has 1 N–H and O–H groups in total. The average molecular weight is 231 g/mol. The molecule has 0 aliphatic carbocycles. The summed E-state index contributed by atoms with van der Waals surface area (Å²) in [5, 5.41) is 17.4. The van der Waals surface area contributed by atoms with E-state index >= 15 is 0 Å². The molecule has 0 radical (unpaired) electrons. The lowest BCUT2D eigenvalue weighted by molar-refractivity contribution is 0.265. The van der Waals surface area contributed by atoms with E-state index in [9.17, 15) is 5.11 Å². The fourth-order valence-corrected chi connectivity index (χ4v) is 2.03. The summed E-state index contributed by atoms with van der Waals surface area (Å²) < 4.78 is 1.95. The van der Waals surface area contributed by atoms with Crippen molar-refractivity contribution in [3.63, 3.8) is 0 Å². The first-order valence-electron chi connectivity index (χ1n) is 5.93. The Morgan fingerprint density at radius 2 is 1.94 bits per heavy atom. The van der Waals surface area contributed by atoms with Gasteiger partial charge in [0.05, 0.1) is 0 Å². The second kappa shape index (κ2) is 5.10. The van der Waals surface area contributed by atoms with Crippen LogP contribution in [0, 0.1) is 0 Å². The van der Waals surface area contributed by atoms with Gasteiger partial charge in [0.25, 0.3) is 0 Å². The van der Waals surface area contributed by atoms with Gasteiger partial charge >= 0.3 is 0 Å². The molecule has 90 valence electrons. The molecule has 4 nitrogen and oxygen atoms in total. The second-order valence-corrected chi connectivity index (χ2v) is 3.85. The molecular formula is C13H17N3O. The molecule has 0 amide bonds. The first kappa shape index (κ1) is 11.8. The fraction of sp³-hybridized carbons (Fsp3) is 0.385. The molecule has 2 rings (SSSR count). The third kappa shape index (κ3) is 2.08. The molecule has 0 spiro atoms. The molecule has 4 heteroatoms. The van der Waals surface area contributed by atoms with E-state index in [0.717, 1.165) is 24.4 Å². The van der Waals surface area contributed by atoms with Crippen LogP contribution < -0.4 is 0 Å². The van der Waals surface area contributed by atoms with E-state index in [1.165, 1.54) is 5.56 Å². The lowest BCUT2D eigenvalue weighted by Crippen LogP contribution is -2.04. The summed E-state index contributed by atoms with van der Waals surface area (Å²) in [7, 11) is 0. The summed E-state index contributed by atoms with van der Waals surface area (Å²) in [6, 6.07) is 8.18. The van der Waals surface area contributed by atoms with Crippen LogP contribution in [0.4, 0.5) is 0 Å². The molecule has 1 aromatic carbocycles. The van der Waals surface area contributed by atoms with Crippen molar-refractivity contribution in [3.8, 4) is 11.4 Å². The first-order valence-corrected chi connectivity index (χ1v) is 5.93. The Balaban J connectivity index is 2.56. The van der Waals surface area contributed by atoms with Crippen molar-refractivity contribution in [1.29, 1.82) is 0 Å². The molecule has 17 heavy (non-hydrogen) atoms. The van der Waals surface area contributed by atoms with E-state index in [0.29, 0.717) is 5.82 Å². The van der Waals surface area contributed by atoms with E-state index in [4.69, 9.17) is 0 Å². The largest absolute Gasteiger partial charge is 0.388 e. The zero-order valence-corrected chi connectivity index (χ0v) is 10.2. The highest BCUT2D eigenvalue weighted by molar-refractivity contribution is 5.60. The zero-order valence-electron chi connectivity index (χ0n) is 10.2. The molecular weight excluding hydrogens is 214 g/mol. The second-order valence-electron chi connectivity index (χ2n) is 3.85. The van der Waals surface area contributed by atoms with E-state index in [1.54, 1.807) is 0 Å². The number of aryl methyl sites for hydroxylation is 1. The highest BCUT2D eigenvalue weighted by Crippen LogP contribution is 2.23. The summed E-state index contributed by atoms with van der Waals surface area (Å²) in [5.74, 6) is 1.46. The molecule has 1 heterocycles. The standard InChI is InChI=1S/C13H17N3O/c1-3-10-7-5-6-8-11(10)13-15-14-12(9-17)16(13)4-2/h5-8,17H,3-4,9H2,1-2H3. The van der Waals surface area contributed by atoms with Gasteiger partial charge in [-0.2, -0.15) is 0 Å². The zero-order chi connectivity index (χ0) is 12.3. The van der Waals surface area contributed by atoms with Gasteiger partial charge in [-0.25, -0.2) is 0 Å². The molecule has 0 aliphatic heterocycles. The number of aromatic nitrogens is 3. The summed E-state index contributed by atoms with van der Waals surface area (Å²) in [6.07, 6.45) is 0.960. The molecule has 0 aliphatic rings. The SMILES string of the molecule is CCc1ccccc1-c1nnc(CO)n1CC. The lowest BCUT2D eigenvalue weighted by Gasteiger charge is -2.09. The number of nitrogens with zero attached hydrogens (tertiary/aromatic N) is 3. The number of rotatable bonds is 4. The quantitative estimate of drug-likeness (QED) is 0.875. The minimum atomic E-state index is -0.0743. The average Bonchev–Trinajstić information content (AvgIpc) is 2.81. The number of hydrogen-bond donors (Lipinski definition) is 1. The summed E-state index contributed by atoms with van der Waals surface area (Å²) in [6.45, 7) is 4.84. The predicted octanol–water partition coefficient (Wildman–Crippen LogP) is 2.02. The van der Waals surface area contributed by atoms with Crippen molar-refractivity contribution >= 4 is 0 Å². The van der Waals surface area contributed by atoms with Crippen LogP contribution in [0.3, 0.4) is 0 Å². The highest BCUT2D eigenvalue weighted by Gasteiger charge is 2.13. The minimum absolute atomic E-state index is 0.0743. The van der Waals surface area contributed by atoms with E-state index in [-0.39, 0.29) is 6.61 Å². The highest BCUT2D eigenvalue weighted by atomic mass is 16.3. The van der Waals surface area contributed by atoms with E-state index in [1.807, 2.05) is 23.6 Å². The summed E-state index contributed by atoms with van der Waals surface area (Å²) >= 11 is 0. The van der Waals surface area contributed by atoms with Crippen LogP contribution in [0.15, 0.2) is 24.3 Å². The Morgan fingerprint density at radius 1 is 1.18 bits per heavy atom. The molecule has 0 unspecified atom stereocenters. The van der Waals surface area contributed by atoms with Crippen molar-refractivity contribution in [2.45, 2.75) is 33.4 Å². The lowest BCUT2D eigenvalue weighted by atomic mass is 10.0. The third-order valence-electron chi connectivity index (χ3n) is 2.92. The van der Waals surface area contributed by atoms with Gasteiger partial charge in [0, 0.05) is 12.1 Å². The van der Waals surface area contributed by atoms with Gasteiger partial charge in [0.15, 0.2) is 11.6 Å². The Bertz CT molecular complexity index is 505. The normalized spacial score (nSPS) is 10.8. The van der Waals surface area contributed by atoms with Gasteiger partial charge < -0.3 is 9.67 Å². The Morgan fingerprint density at radius 3 is 2.59 bits per heavy atom. The van der Waals surface area contributed by atoms with Gasteiger partial charge in [-0.05, 0) is 18.9 Å². The smallest absolute Gasteiger partial charge is 0.164 e. The molecule has 0 fully saturated rings. The van der Waals surface area contributed by atoms with Crippen molar-refractivity contribution in [2.75, 3.05) is 0 Å². The number of benzene rings is 1. The topological polar surface area (TPSA) is 50.9 Å².